The first kappa shape index (κ1) is 22.6. The number of nitrogens with zero attached hydrogens (tertiary/aromatic N) is 2. The zero-order chi connectivity index (χ0) is 22.8. The first-order chi connectivity index (χ1) is 14.6. The summed E-state index contributed by atoms with van der Waals surface area (Å²) in [6, 6.07) is 9.74. The number of halogens is 2. The summed E-state index contributed by atoms with van der Waals surface area (Å²) in [4.78, 5) is 24.2. The quantitative estimate of drug-likeness (QED) is 0.441. The smallest absolute Gasteiger partial charge is 0.320 e. The Bertz CT molecular complexity index is 1140. The van der Waals surface area contributed by atoms with Gasteiger partial charge in [0.1, 0.15) is 24.1 Å². The van der Waals surface area contributed by atoms with E-state index in [-0.39, 0.29) is 24.0 Å². The summed E-state index contributed by atoms with van der Waals surface area (Å²) in [6.45, 7) is 3.41. The summed E-state index contributed by atoms with van der Waals surface area (Å²) in [5.41, 5.74) is 1.07. The number of hydrogen-bond acceptors (Lipinski definition) is 5. The molecule has 0 unspecified atom stereocenters. The number of carbonyl (C=O) groups excluding carboxylic acids is 2. The molecule has 3 rings (SSSR count). The summed E-state index contributed by atoms with van der Waals surface area (Å²) in [6.07, 6.45) is 0. The van der Waals surface area contributed by atoms with Gasteiger partial charge in [-0.2, -0.15) is 5.10 Å². The van der Waals surface area contributed by atoms with Crippen LogP contribution in [0.3, 0.4) is 0 Å². The minimum Gasteiger partial charge on any atom is -0.497 e. The van der Waals surface area contributed by atoms with Crippen LogP contribution in [0.25, 0.3) is 22.0 Å². The number of amides is 1. The predicted molar refractivity (Wildman–Crippen MR) is 116 cm³/mol. The lowest BCUT2D eigenvalue weighted by Gasteiger charge is -2.25. The fraction of sp³-hybridized carbons (Fsp3) is 0.318. The molecule has 2 aromatic carbocycles. The molecule has 0 atom stereocenters. The van der Waals surface area contributed by atoms with Crippen molar-refractivity contribution in [2.75, 3.05) is 19.6 Å². The van der Waals surface area contributed by atoms with Gasteiger partial charge in [-0.1, -0.05) is 6.07 Å². The van der Waals surface area contributed by atoms with Gasteiger partial charge in [-0.3, -0.25) is 14.3 Å². The number of esters is 1. The number of carbonyl (C=O) groups is 2. The molecule has 31 heavy (non-hydrogen) atoms. The molecule has 0 fully saturated rings. The molecule has 164 valence electrons. The van der Waals surface area contributed by atoms with Crippen molar-refractivity contribution < 1.29 is 23.5 Å². The standard InChI is InChI=1S/C22H23ClFN3O4/c1-22(2,12-31-19(28)11-23)25-21(29)20-15-7-5-13(9-18(15)27(3)26-20)16-10-14(30-4)6-8-17(16)24/h5-10H,11-12H2,1-4H3,(H,25,29). The van der Waals surface area contributed by atoms with Gasteiger partial charge >= 0.3 is 5.97 Å². The number of aromatic nitrogens is 2. The van der Waals surface area contributed by atoms with E-state index in [4.69, 9.17) is 21.1 Å². The molecule has 0 bridgehead atoms. The fourth-order valence-electron chi connectivity index (χ4n) is 3.15. The number of nitrogens with one attached hydrogen (secondary N) is 1. The first-order valence-corrected chi connectivity index (χ1v) is 10.0. The number of hydrogen-bond donors (Lipinski definition) is 1. The minimum atomic E-state index is -0.827. The van der Waals surface area contributed by atoms with Crippen molar-refractivity contribution in [3.8, 4) is 16.9 Å². The van der Waals surface area contributed by atoms with Gasteiger partial charge in [-0.05, 0) is 49.7 Å². The van der Waals surface area contributed by atoms with E-state index in [9.17, 15) is 14.0 Å². The van der Waals surface area contributed by atoms with Crippen LogP contribution in [0.1, 0.15) is 24.3 Å². The molecule has 3 aromatic rings. The van der Waals surface area contributed by atoms with Crippen molar-refractivity contribution in [3.63, 3.8) is 0 Å². The number of aryl methyl sites for hydroxylation is 1. The number of benzene rings is 2. The molecule has 1 amide bonds. The van der Waals surface area contributed by atoms with Gasteiger partial charge in [0.2, 0.25) is 0 Å². The third-order valence-corrected chi connectivity index (χ3v) is 4.92. The fourth-order valence-corrected chi connectivity index (χ4v) is 3.22. The van der Waals surface area contributed by atoms with Crippen molar-refractivity contribution >= 4 is 34.4 Å². The summed E-state index contributed by atoms with van der Waals surface area (Å²) in [7, 11) is 3.22. The van der Waals surface area contributed by atoms with E-state index in [1.807, 2.05) is 0 Å². The minimum absolute atomic E-state index is 0.0334. The third kappa shape index (κ3) is 4.96. The van der Waals surface area contributed by atoms with E-state index in [1.165, 1.54) is 13.2 Å². The van der Waals surface area contributed by atoms with Crippen LogP contribution in [-0.4, -0.2) is 46.8 Å². The van der Waals surface area contributed by atoms with Crippen molar-refractivity contribution in [2.45, 2.75) is 19.4 Å². The van der Waals surface area contributed by atoms with Crippen LogP contribution in [0.15, 0.2) is 36.4 Å². The Morgan fingerprint density at radius 2 is 1.97 bits per heavy atom. The van der Waals surface area contributed by atoms with E-state index >= 15 is 0 Å². The van der Waals surface area contributed by atoms with E-state index in [0.29, 0.717) is 27.8 Å². The van der Waals surface area contributed by atoms with Gasteiger partial charge < -0.3 is 14.8 Å². The zero-order valence-electron chi connectivity index (χ0n) is 17.7. The number of alkyl halides is 1. The highest BCUT2D eigenvalue weighted by Gasteiger charge is 2.26. The average Bonchev–Trinajstić information content (AvgIpc) is 3.08. The van der Waals surface area contributed by atoms with E-state index in [0.717, 1.165) is 0 Å². The highest BCUT2D eigenvalue weighted by Crippen LogP contribution is 2.30. The van der Waals surface area contributed by atoms with Gasteiger partial charge in [0.15, 0.2) is 5.69 Å². The molecule has 9 heteroatoms. The van der Waals surface area contributed by atoms with Gasteiger partial charge in [-0.25, -0.2) is 4.39 Å². The Morgan fingerprint density at radius 1 is 1.23 bits per heavy atom. The van der Waals surface area contributed by atoms with Gasteiger partial charge in [0, 0.05) is 18.0 Å². The lowest BCUT2D eigenvalue weighted by atomic mass is 10.0. The molecule has 0 aliphatic rings. The second-order valence-corrected chi connectivity index (χ2v) is 7.95. The van der Waals surface area contributed by atoms with Crippen molar-refractivity contribution in [1.82, 2.24) is 15.1 Å². The van der Waals surface area contributed by atoms with Crippen LogP contribution >= 0.6 is 11.6 Å². The molecular weight excluding hydrogens is 425 g/mol. The number of methoxy groups -OCH3 is 1. The Balaban J connectivity index is 1.90. The Kier molecular flexibility index (Phi) is 6.50. The number of fused-ring (bicyclic) bond motifs is 1. The van der Waals surface area contributed by atoms with Crippen molar-refractivity contribution in [3.05, 3.63) is 47.9 Å². The second-order valence-electron chi connectivity index (χ2n) is 7.68. The molecule has 0 spiro atoms. The van der Waals surface area contributed by atoms with Crippen LogP contribution in [0.4, 0.5) is 4.39 Å². The van der Waals surface area contributed by atoms with Gasteiger partial charge in [0.25, 0.3) is 5.91 Å². The highest BCUT2D eigenvalue weighted by molar-refractivity contribution is 6.26. The molecular formula is C22H23ClFN3O4. The summed E-state index contributed by atoms with van der Waals surface area (Å²) < 4.78 is 26.2. The maximum Gasteiger partial charge on any atom is 0.320 e. The largest absolute Gasteiger partial charge is 0.497 e. The Labute approximate surface area is 184 Å². The predicted octanol–water partition coefficient (Wildman–Crippen LogP) is 3.68. The second kappa shape index (κ2) is 8.93. The average molecular weight is 448 g/mol. The monoisotopic (exact) mass is 447 g/mol. The van der Waals surface area contributed by atoms with E-state index < -0.39 is 17.4 Å². The normalized spacial score (nSPS) is 11.4. The maximum atomic E-state index is 14.4. The molecule has 0 saturated heterocycles. The molecule has 1 N–H and O–H groups in total. The first-order valence-electron chi connectivity index (χ1n) is 9.50. The molecule has 0 radical (unpaired) electrons. The molecule has 0 aliphatic carbocycles. The number of ether oxygens (including phenoxy) is 2. The summed E-state index contributed by atoms with van der Waals surface area (Å²) in [5.74, 6) is -1.08. The topological polar surface area (TPSA) is 82.4 Å². The molecule has 0 aliphatic heterocycles. The SMILES string of the molecule is COc1ccc(F)c(-c2ccc3c(C(=O)NC(C)(C)COC(=O)CCl)nn(C)c3c2)c1. The molecule has 0 saturated carbocycles. The lowest BCUT2D eigenvalue weighted by Crippen LogP contribution is -2.47. The van der Waals surface area contributed by atoms with Gasteiger partial charge in [-0.15, -0.1) is 11.6 Å². The highest BCUT2D eigenvalue weighted by atomic mass is 35.5. The summed E-state index contributed by atoms with van der Waals surface area (Å²) in [5, 5.41) is 7.76. The van der Waals surface area contributed by atoms with Crippen LogP contribution in [0, 0.1) is 5.82 Å². The van der Waals surface area contributed by atoms with Crippen LogP contribution in [0.2, 0.25) is 0 Å². The zero-order valence-corrected chi connectivity index (χ0v) is 18.4. The van der Waals surface area contributed by atoms with Gasteiger partial charge in [0.05, 0.1) is 18.2 Å². The number of rotatable bonds is 7. The van der Waals surface area contributed by atoms with Crippen LogP contribution < -0.4 is 10.1 Å². The molecule has 1 aromatic heterocycles. The van der Waals surface area contributed by atoms with Crippen LogP contribution in [0.5, 0.6) is 5.75 Å². The van der Waals surface area contributed by atoms with E-state index in [2.05, 4.69) is 10.4 Å². The lowest BCUT2D eigenvalue weighted by molar-refractivity contribution is -0.142. The third-order valence-electron chi connectivity index (χ3n) is 4.71. The Hall–Kier alpha value is -3.13. The Morgan fingerprint density at radius 3 is 2.65 bits per heavy atom. The molecule has 7 nitrogen and oxygen atoms in total. The van der Waals surface area contributed by atoms with Crippen molar-refractivity contribution in [2.24, 2.45) is 7.05 Å². The summed E-state index contributed by atoms with van der Waals surface area (Å²) >= 11 is 5.43. The van der Waals surface area contributed by atoms with Crippen molar-refractivity contribution in [1.29, 1.82) is 0 Å². The van der Waals surface area contributed by atoms with E-state index in [1.54, 1.807) is 55.9 Å². The molecule has 1 heterocycles. The van der Waals surface area contributed by atoms with Crippen LogP contribution in [-0.2, 0) is 16.6 Å². The maximum absolute atomic E-state index is 14.4.